The largest absolute Gasteiger partial charge is 0.393 e. The molecule has 0 aliphatic rings. The monoisotopic (exact) mass is 268 g/mol. The van der Waals surface area contributed by atoms with Gasteiger partial charge in [-0.05, 0) is 17.7 Å². The van der Waals surface area contributed by atoms with Crippen LogP contribution >= 0.6 is 0 Å². The molecule has 0 bridgehead atoms. The second kappa shape index (κ2) is 6.96. The maximum Gasteiger partial charge on any atom is 0.222 e. The van der Waals surface area contributed by atoms with E-state index >= 15 is 0 Å². The van der Waals surface area contributed by atoms with Gasteiger partial charge in [-0.2, -0.15) is 0 Å². The summed E-state index contributed by atoms with van der Waals surface area (Å²) in [5.74, 6) is -0.872. The molecule has 0 aliphatic heterocycles. The third kappa shape index (κ3) is 4.42. The fourth-order valence-corrected chi connectivity index (χ4v) is 1.73. The first-order chi connectivity index (χ1) is 9.05. The van der Waals surface area contributed by atoms with E-state index in [4.69, 9.17) is 5.73 Å². The van der Waals surface area contributed by atoms with E-state index in [1.165, 1.54) is 18.2 Å². The Balaban J connectivity index is 2.87. The van der Waals surface area contributed by atoms with Gasteiger partial charge < -0.3 is 21.0 Å². The molecule has 5 nitrogen and oxygen atoms in total. The Kier molecular flexibility index (Phi) is 5.59. The molecule has 104 valence electrons. The number of carbonyl (C=O) groups excluding carboxylic acids is 2. The second-order valence-corrected chi connectivity index (χ2v) is 4.33. The lowest BCUT2D eigenvalue weighted by Gasteiger charge is -2.27. The number of rotatable bonds is 7. The predicted octanol–water partition coefficient (Wildman–Crippen LogP) is -0.237. The van der Waals surface area contributed by atoms with Gasteiger partial charge in [-0.1, -0.05) is 12.1 Å². The van der Waals surface area contributed by atoms with Gasteiger partial charge in [-0.3, -0.25) is 4.79 Å². The lowest BCUT2D eigenvalue weighted by molar-refractivity contribution is -0.127. The Morgan fingerprint density at radius 1 is 1.53 bits per heavy atom. The molecule has 6 heteroatoms. The molecule has 1 amide bonds. The van der Waals surface area contributed by atoms with Crippen LogP contribution in [0.2, 0.25) is 0 Å². The fraction of sp³-hybridized carbons (Fsp3) is 0.385. The summed E-state index contributed by atoms with van der Waals surface area (Å²) in [4.78, 5) is 22.7. The zero-order valence-electron chi connectivity index (χ0n) is 10.4. The molecule has 0 heterocycles. The van der Waals surface area contributed by atoms with Crippen LogP contribution in [0.4, 0.5) is 4.39 Å². The van der Waals surface area contributed by atoms with Gasteiger partial charge >= 0.3 is 0 Å². The minimum absolute atomic E-state index is 0.0150. The van der Waals surface area contributed by atoms with Crippen LogP contribution in [0.25, 0.3) is 0 Å². The molecule has 0 saturated heterocycles. The van der Waals surface area contributed by atoms with Crippen LogP contribution < -0.4 is 11.1 Å². The molecule has 1 aromatic carbocycles. The van der Waals surface area contributed by atoms with Crippen LogP contribution in [-0.2, 0) is 16.0 Å². The van der Waals surface area contributed by atoms with E-state index in [0.717, 1.165) is 0 Å². The molecule has 4 N–H and O–H groups in total. The minimum atomic E-state index is -1.44. The highest BCUT2D eigenvalue weighted by atomic mass is 19.1. The molecular formula is C13H17FN2O3. The highest BCUT2D eigenvalue weighted by molar-refractivity contribution is 5.82. The summed E-state index contributed by atoms with van der Waals surface area (Å²) in [5, 5.41) is 11.8. The molecule has 0 fully saturated rings. The number of aliphatic hydroxyl groups excluding tert-OH is 1. The summed E-state index contributed by atoms with van der Waals surface area (Å²) in [6, 6.07) is 5.65. The lowest BCUT2D eigenvalue weighted by Crippen LogP contribution is -2.54. The molecule has 1 atom stereocenters. The second-order valence-electron chi connectivity index (χ2n) is 4.33. The van der Waals surface area contributed by atoms with E-state index in [0.29, 0.717) is 11.8 Å². The molecular weight excluding hydrogens is 251 g/mol. The first-order valence-corrected chi connectivity index (χ1v) is 5.88. The molecule has 0 aromatic heterocycles. The summed E-state index contributed by atoms with van der Waals surface area (Å²) in [5.41, 5.74) is 4.31. The molecule has 0 spiro atoms. The van der Waals surface area contributed by atoms with Gasteiger partial charge in [-0.25, -0.2) is 4.39 Å². The van der Waals surface area contributed by atoms with Crippen LogP contribution in [0.3, 0.4) is 0 Å². The van der Waals surface area contributed by atoms with Crippen molar-refractivity contribution in [2.45, 2.75) is 18.4 Å². The van der Waals surface area contributed by atoms with Crippen LogP contribution in [0, 0.1) is 5.82 Å². The Morgan fingerprint density at radius 2 is 2.26 bits per heavy atom. The number of hydrogen-bond acceptors (Lipinski definition) is 4. The number of benzene rings is 1. The summed E-state index contributed by atoms with van der Waals surface area (Å²) >= 11 is 0. The number of hydrogen-bond donors (Lipinski definition) is 3. The van der Waals surface area contributed by atoms with Crippen molar-refractivity contribution in [3.05, 3.63) is 35.6 Å². The third-order valence-electron chi connectivity index (χ3n) is 2.68. The van der Waals surface area contributed by atoms with Crippen molar-refractivity contribution >= 4 is 12.2 Å². The van der Waals surface area contributed by atoms with Gasteiger partial charge in [0.05, 0.1) is 6.61 Å². The molecule has 0 aliphatic carbocycles. The number of nitrogens with two attached hydrogens (primary N) is 1. The SMILES string of the molecule is NCCC(=O)NC(C=O)(CO)Cc1cccc(F)c1. The zero-order valence-corrected chi connectivity index (χ0v) is 10.4. The number of nitrogens with one attached hydrogen (secondary N) is 1. The molecule has 19 heavy (non-hydrogen) atoms. The molecule has 0 saturated carbocycles. The van der Waals surface area contributed by atoms with Crippen molar-refractivity contribution < 1.29 is 19.1 Å². The minimum Gasteiger partial charge on any atom is -0.393 e. The standard InChI is InChI=1S/C13H17FN2O3/c14-11-3-1-2-10(6-11)7-13(8-17,9-18)16-12(19)4-5-15/h1-3,6,8,18H,4-5,7,9,15H2,(H,16,19). The number of carbonyl (C=O) groups is 2. The van der Waals surface area contributed by atoms with Crippen molar-refractivity contribution in [2.75, 3.05) is 13.2 Å². The zero-order chi connectivity index (χ0) is 14.3. The van der Waals surface area contributed by atoms with Gasteiger partial charge in [-0.15, -0.1) is 0 Å². The van der Waals surface area contributed by atoms with E-state index in [2.05, 4.69) is 5.32 Å². The van der Waals surface area contributed by atoms with Crippen molar-refractivity contribution in [3.63, 3.8) is 0 Å². The van der Waals surface area contributed by atoms with Crippen LogP contribution in [0.1, 0.15) is 12.0 Å². The summed E-state index contributed by atoms with van der Waals surface area (Å²) in [6.07, 6.45) is 0.534. The summed E-state index contributed by atoms with van der Waals surface area (Å²) < 4.78 is 13.1. The highest BCUT2D eigenvalue weighted by Crippen LogP contribution is 2.13. The Bertz CT molecular complexity index is 453. The number of aldehydes is 1. The molecule has 1 aromatic rings. The fourth-order valence-electron chi connectivity index (χ4n) is 1.73. The molecule has 0 radical (unpaired) electrons. The summed E-state index contributed by atoms with van der Waals surface area (Å²) in [6.45, 7) is -0.421. The van der Waals surface area contributed by atoms with E-state index < -0.39 is 23.9 Å². The first kappa shape index (κ1) is 15.3. The summed E-state index contributed by atoms with van der Waals surface area (Å²) in [7, 11) is 0. The van der Waals surface area contributed by atoms with E-state index in [1.807, 2.05) is 0 Å². The predicted molar refractivity (Wildman–Crippen MR) is 67.8 cm³/mol. The van der Waals surface area contributed by atoms with Gasteiger partial charge in [0.2, 0.25) is 5.91 Å². The number of amides is 1. The van der Waals surface area contributed by atoms with Crippen molar-refractivity contribution in [2.24, 2.45) is 5.73 Å². The van der Waals surface area contributed by atoms with Crippen LogP contribution in [-0.4, -0.2) is 36.0 Å². The normalized spacial score (nSPS) is 13.6. The quantitative estimate of drug-likeness (QED) is 0.595. The Labute approximate surface area is 110 Å². The van der Waals surface area contributed by atoms with Gasteiger partial charge in [0.1, 0.15) is 17.6 Å². The average molecular weight is 268 g/mol. The maximum atomic E-state index is 13.1. The number of aliphatic hydroxyl groups is 1. The Morgan fingerprint density at radius 3 is 2.79 bits per heavy atom. The third-order valence-corrected chi connectivity index (χ3v) is 2.68. The molecule has 1 unspecified atom stereocenters. The highest BCUT2D eigenvalue weighted by Gasteiger charge is 2.31. The van der Waals surface area contributed by atoms with E-state index in [9.17, 15) is 19.1 Å². The maximum absolute atomic E-state index is 13.1. The topological polar surface area (TPSA) is 92.4 Å². The average Bonchev–Trinajstić information content (AvgIpc) is 2.38. The molecule has 1 rings (SSSR count). The van der Waals surface area contributed by atoms with E-state index in [1.54, 1.807) is 6.07 Å². The first-order valence-electron chi connectivity index (χ1n) is 5.88. The van der Waals surface area contributed by atoms with E-state index in [-0.39, 0.29) is 19.4 Å². The van der Waals surface area contributed by atoms with Gasteiger partial charge in [0, 0.05) is 19.4 Å². The van der Waals surface area contributed by atoms with Crippen LogP contribution in [0.15, 0.2) is 24.3 Å². The van der Waals surface area contributed by atoms with Gasteiger partial charge in [0.25, 0.3) is 0 Å². The van der Waals surface area contributed by atoms with Crippen molar-refractivity contribution in [3.8, 4) is 0 Å². The smallest absolute Gasteiger partial charge is 0.222 e. The Hall–Kier alpha value is -1.79. The van der Waals surface area contributed by atoms with Crippen LogP contribution in [0.5, 0.6) is 0 Å². The number of halogens is 1. The van der Waals surface area contributed by atoms with Gasteiger partial charge in [0.15, 0.2) is 0 Å². The van der Waals surface area contributed by atoms with Crippen molar-refractivity contribution in [1.29, 1.82) is 0 Å². The van der Waals surface area contributed by atoms with Crippen molar-refractivity contribution in [1.82, 2.24) is 5.32 Å². The lowest BCUT2D eigenvalue weighted by atomic mass is 9.92.